The minimum Gasteiger partial charge on any atom is -0.248 e. The maximum Gasteiger partial charge on any atom is 0.0693 e. The number of rotatable bonds is 4. The lowest BCUT2D eigenvalue weighted by atomic mass is 9.79. The fourth-order valence-corrected chi connectivity index (χ4v) is 3.27. The number of benzene rings is 1. The second-order valence-electron chi connectivity index (χ2n) is 5.63. The summed E-state index contributed by atoms with van der Waals surface area (Å²) in [6.07, 6.45) is 11.0. The van der Waals surface area contributed by atoms with Crippen LogP contribution in [0.15, 0.2) is 54.4 Å². The molecule has 1 heterocycles. The molecule has 3 nitrogen and oxygen atoms in total. The van der Waals surface area contributed by atoms with E-state index in [4.69, 9.17) is 23.2 Å². The van der Waals surface area contributed by atoms with Crippen LogP contribution >= 0.6 is 23.2 Å². The van der Waals surface area contributed by atoms with Gasteiger partial charge in [0.1, 0.15) is 0 Å². The van der Waals surface area contributed by atoms with Crippen molar-refractivity contribution in [2.24, 2.45) is 11.8 Å². The van der Waals surface area contributed by atoms with Crippen LogP contribution in [0.4, 0.5) is 0 Å². The molecular weight excluding hydrogens is 317 g/mol. The van der Waals surface area contributed by atoms with E-state index >= 15 is 0 Å². The SMILES string of the molecule is CC1C=CC=C(Cn2ccnn2)C1Cc1cc(Cl)ccc1Cl. The molecule has 1 aliphatic rings. The highest BCUT2D eigenvalue weighted by Crippen LogP contribution is 2.33. The van der Waals surface area contributed by atoms with Crippen molar-refractivity contribution in [1.82, 2.24) is 15.0 Å². The monoisotopic (exact) mass is 333 g/mol. The number of halogens is 2. The number of hydrogen-bond acceptors (Lipinski definition) is 2. The first-order valence-electron chi connectivity index (χ1n) is 7.29. The predicted molar refractivity (Wildman–Crippen MR) is 90.1 cm³/mol. The molecule has 22 heavy (non-hydrogen) atoms. The van der Waals surface area contributed by atoms with Crippen molar-refractivity contribution in [1.29, 1.82) is 0 Å². The van der Waals surface area contributed by atoms with Gasteiger partial charge in [0, 0.05) is 16.2 Å². The van der Waals surface area contributed by atoms with Gasteiger partial charge in [0.25, 0.3) is 0 Å². The summed E-state index contributed by atoms with van der Waals surface area (Å²) in [5.41, 5.74) is 2.42. The summed E-state index contributed by atoms with van der Waals surface area (Å²) in [6, 6.07) is 5.65. The van der Waals surface area contributed by atoms with E-state index in [-0.39, 0.29) is 0 Å². The third-order valence-electron chi connectivity index (χ3n) is 4.10. The van der Waals surface area contributed by atoms with Gasteiger partial charge in [-0.2, -0.15) is 0 Å². The molecule has 0 amide bonds. The highest BCUT2D eigenvalue weighted by Gasteiger charge is 2.23. The van der Waals surface area contributed by atoms with Crippen LogP contribution in [0.3, 0.4) is 0 Å². The molecular formula is C17H17Cl2N3. The molecule has 114 valence electrons. The third kappa shape index (κ3) is 3.42. The highest BCUT2D eigenvalue weighted by atomic mass is 35.5. The van der Waals surface area contributed by atoms with Crippen molar-refractivity contribution >= 4 is 23.2 Å². The maximum absolute atomic E-state index is 6.33. The van der Waals surface area contributed by atoms with E-state index in [1.165, 1.54) is 5.57 Å². The number of hydrogen-bond donors (Lipinski definition) is 0. The quantitative estimate of drug-likeness (QED) is 0.820. The lowest BCUT2D eigenvalue weighted by molar-refractivity contribution is 0.443. The number of allylic oxidation sites excluding steroid dienone is 4. The molecule has 2 atom stereocenters. The van der Waals surface area contributed by atoms with Gasteiger partial charge in [-0.05, 0) is 47.6 Å². The number of aromatic nitrogens is 3. The summed E-state index contributed by atoms with van der Waals surface area (Å²) in [7, 11) is 0. The Labute approximate surface area is 140 Å². The van der Waals surface area contributed by atoms with E-state index in [9.17, 15) is 0 Å². The van der Waals surface area contributed by atoms with Crippen LogP contribution in [0.5, 0.6) is 0 Å². The molecule has 1 aromatic heterocycles. The predicted octanol–water partition coefficient (Wildman–Crippen LogP) is 4.58. The zero-order valence-corrected chi connectivity index (χ0v) is 13.8. The van der Waals surface area contributed by atoms with Crippen molar-refractivity contribution in [3.8, 4) is 0 Å². The highest BCUT2D eigenvalue weighted by molar-refractivity contribution is 6.33. The zero-order chi connectivity index (χ0) is 15.5. The molecule has 0 radical (unpaired) electrons. The van der Waals surface area contributed by atoms with Gasteiger partial charge in [-0.3, -0.25) is 0 Å². The van der Waals surface area contributed by atoms with Gasteiger partial charge in [-0.25, -0.2) is 4.68 Å². The van der Waals surface area contributed by atoms with Crippen LogP contribution in [0.2, 0.25) is 10.0 Å². The Balaban J connectivity index is 1.84. The second-order valence-corrected chi connectivity index (χ2v) is 6.48. The maximum atomic E-state index is 6.33. The fraction of sp³-hybridized carbons (Fsp3) is 0.294. The Morgan fingerprint density at radius 3 is 2.91 bits per heavy atom. The largest absolute Gasteiger partial charge is 0.248 e. The van der Waals surface area contributed by atoms with Crippen LogP contribution in [0, 0.1) is 11.8 Å². The van der Waals surface area contributed by atoms with Crippen molar-refractivity contribution in [2.75, 3.05) is 0 Å². The second kappa shape index (κ2) is 6.67. The summed E-state index contributed by atoms with van der Waals surface area (Å²) in [4.78, 5) is 0. The summed E-state index contributed by atoms with van der Waals surface area (Å²) in [5, 5.41) is 9.43. The topological polar surface area (TPSA) is 30.7 Å². The van der Waals surface area contributed by atoms with Crippen molar-refractivity contribution in [2.45, 2.75) is 19.9 Å². The van der Waals surface area contributed by atoms with E-state index in [0.29, 0.717) is 11.8 Å². The van der Waals surface area contributed by atoms with Crippen LogP contribution in [-0.4, -0.2) is 15.0 Å². The summed E-state index contributed by atoms with van der Waals surface area (Å²) >= 11 is 12.4. The van der Waals surface area contributed by atoms with Gasteiger partial charge >= 0.3 is 0 Å². The molecule has 0 aliphatic heterocycles. The van der Waals surface area contributed by atoms with Crippen LogP contribution < -0.4 is 0 Å². The Kier molecular flexibility index (Phi) is 4.65. The van der Waals surface area contributed by atoms with Gasteiger partial charge in [0.15, 0.2) is 0 Å². The van der Waals surface area contributed by atoms with Crippen LogP contribution in [-0.2, 0) is 13.0 Å². The molecule has 0 bridgehead atoms. The van der Waals surface area contributed by atoms with E-state index < -0.39 is 0 Å². The smallest absolute Gasteiger partial charge is 0.0693 e. The minimum atomic E-state index is 0.380. The Bertz CT molecular complexity index is 705. The fourth-order valence-electron chi connectivity index (χ4n) is 2.88. The lowest BCUT2D eigenvalue weighted by Gasteiger charge is -2.28. The standard InChI is InChI=1S/C17H17Cl2N3/c1-12-3-2-4-13(11-22-8-7-20-21-22)16(12)10-14-9-15(18)5-6-17(14)19/h2-9,12,16H,10-11H2,1H3. The van der Waals surface area contributed by atoms with E-state index in [1.54, 1.807) is 6.20 Å². The van der Waals surface area contributed by atoms with Gasteiger partial charge in [-0.1, -0.05) is 53.6 Å². The molecule has 0 saturated heterocycles. The summed E-state index contributed by atoms with van der Waals surface area (Å²) < 4.78 is 1.85. The normalized spacial score (nSPS) is 21.0. The zero-order valence-electron chi connectivity index (χ0n) is 12.3. The molecule has 0 saturated carbocycles. The average Bonchev–Trinajstić information content (AvgIpc) is 2.99. The molecule has 0 fully saturated rings. The van der Waals surface area contributed by atoms with Gasteiger partial charge < -0.3 is 0 Å². The molecule has 3 rings (SSSR count). The third-order valence-corrected chi connectivity index (χ3v) is 4.70. The first kappa shape index (κ1) is 15.3. The van der Waals surface area contributed by atoms with Gasteiger partial charge in [0.2, 0.25) is 0 Å². The van der Waals surface area contributed by atoms with E-state index in [0.717, 1.165) is 28.6 Å². The first-order chi connectivity index (χ1) is 10.6. The first-order valence-corrected chi connectivity index (χ1v) is 8.04. The Morgan fingerprint density at radius 1 is 1.27 bits per heavy atom. The van der Waals surface area contributed by atoms with Gasteiger partial charge in [-0.15, -0.1) is 5.10 Å². The Morgan fingerprint density at radius 2 is 2.14 bits per heavy atom. The van der Waals surface area contributed by atoms with E-state index in [1.807, 2.05) is 29.1 Å². The molecule has 5 heteroatoms. The van der Waals surface area contributed by atoms with Crippen molar-refractivity contribution in [3.05, 3.63) is 70.0 Å². The summed E-state index contributed by atoms with van der Waals surface area (Å²) in [6.45, 7) is 2.98. The van der Waals surface area contributed by atoms with E-state index in [2.05, 4.69) is 35.5 Å². The van der Waals surface area contributed by atoms with Gasteiger partial charge in [0.05, 0.1) is 12.7 Å². The minimum absolute atomic E-state index is 0.380. The van der Waals surface area contributed by atoms with Crippen LogP contribution in [0.1, 0.15) is 12.5 Å². The Hall–Kier alpha value is -1.58. The molecule has 1 aromatic carbocycles. The molecule has 2 unspecified atom stereocenters. The summed E-state index contributed by atoms with van der Waals surface area (Å²) in [5.74, 6) is 0.823. The number of nitrogens with zero attached hydrogens (tertiary/aromatic N) is 3. The average molecular weight is 334 g/mol. The van der Waals surface area contributed by atoms with Crippen molar-refractivity contribution in [3.63, 3.8) is 0 Å². The van der Waals surface area contributed by atoms with Crippen LogP contribution in [0.25, 0.3) is 0 Å². The van der Waals surface area contributed by atoms with Crippen molar-refractivity contribution < 1.29 is 0 Å². The molecule has 1 aliphatic carbocycles. The lowest BCUT2D eigenvalue weighted by Crippen LogP contribution is -2.21. The molecule has 0 spiro atoms. The molecule has 0 N–H and O–H groups in total. The molecule has 2 aromatic rings.